The van der Waals surface area contributed by atoms with Gasteiger partial charge >= 0.3 is 0 Å². The van der Waals surface area contributed by atoms with Gasteiger partial charge in [0.15, 0.2) is 0 Å². The Labute approximate surface area is 133 Å². The summed E-state index contributed by atoms with van der Waals surface area (Å²) >= 11 is 0. The largest absolute Gasteiger partial charge is 0.350 e. The summed E-state index contributed by atoms with van der Waals surface area (Å²) in [6.07, 6.45) is 2.35. The third kappa shape index (κ3) is 4.73. The molecule has 0 spiro atoms. The van der Waals surface area contributed by atoms with Crippen molar-refractivity contribution in [2.45, 2.75) is 46.1 Å². The van der Waals surface area contributed by atoms with Crippen LogP contribution < -0.4 is 5.32 Å². The normalized spacial score (nSPS) is 12.0. The number of rotatable bonds is 6. The van der Waals surface area contributed by atoms with Crippen LogP contribution in [0.25, 0.3) is 0 Å². The average Bonchev–Trinajstić information content (AvgIpc) is 2.54. The van der Waals surface area contributed by atoms with Crippen molar-refractivity contribution in [1.82, 2.24) is 5.32 Å². The Bertz CT molecular complexity index is 599. The highest BCUT2D eigenvalue weighted by atomic mass is 16.1. The molecule has 0 aliphatic heterocycles. The molecule has 0 saturated heterocycles. The molecule has 22 heavy (non-hydrogen) atoms. The number of benzene rings is 2. The van der Waals surface area contributed by atoms with Crippen molar-refractivity contribution in [2.24, 2.45) is 0 Å². The van der Waals surface area contributed by atoms with Crippen molar-refractivity contribution >= 4 is 5.91 Å². The summed E-state index contributed by atoms with van der Waals surface area (Å²) in [5.41, 5.74) is 4.93. The average molecular weight is 295 g/mol. The van der Waals surface area contributed by atoms with E-state index in [-0.39, 0.29) is 11.9 Å². The summed E-state index contributed by atoms with van der Waals surface area (Å²) in [6, 6.07) is 16.9. The van der Waals surface area contributed by atoms with Crippen LogP contribution in [0.15, 0.2) is 48.5 Å². The van der Waals surface area contributed by atoms with E-state index in [9.17, 15) is 4.79 Å². The fourth-order valence-corrected chi connectivity index (χ4v) is 2.45. The quantitative estimate of drug-likeness (QED) is 0.842. The first-order valence-electron chi connectivity index (χ1n) is 8.02. The third-order valence-corrected chi connectivity index (χ3v) is 4.03. The van der Waals surface area contributed by atoms with Crippen molar-refractivity contribution in [3.63, 3.8) is 0 Å². The molecule has 0 unspecified atom stereocenters. The Hall–Kier alpha value is -2.09. The molecule has 1 atom stereocenters. The van der Waals surface area contributed by atoms with Gasteiger partial charge in [-0.25, -0.2) is 0 Å². The second-order valence-corrected chi connectivity index (χ2v) is 5.87. The summed E-state index contributed by atoms with van der Waals surface area (Å²) in [4.78, 5) is 12.1. The van der Waals surface area contributed by atoms with Crippen molar-refractivity contribution < 1.29 is 4.79 Å². The SMILES string of the molecule is CCc1ccc([C@@H](C)NC(=O)CCc2ccc(C)cc2)cc1. The topological polar surface area (TPSA) is 29.1 Å². The standard InChI is InChI=1S/C20H25NO/c1-4-17-9-12-19(13-10-17)16(3)21-20(22)14-11-18-7-5-15(2)6-8-18/h5-10,12-13,16H,4,11,14H2,1-3H3,(H,21,22)/t16-/m1/s1. The zero-order chi connectivity index (χ0) is 15.9. The van der Waals surface area contributed by atoms with E-state index < -0.39 is 0 Å². The molecule has 1 N–H and O–H groups in total. The molecule has 1 amide bonds. The maximum Gasteiger partial charge on any atom is 0.220 e. The number of amides is 1. The van der Waals surface area contributed by atoms with Crippen LogP contribution in [0.1, 0.15) is 48.6 Å². The fourth-order valence-electron chi connectivity index (χ4n) is 2.45. The molecule has 0 aromatic heterocycles. The third-order valence-electron chi connectivity index (χ3n) is 4.03. The Morgan fingerprint density at radius 3 is 2.18 bits per heavy atom. The monoisotopic (exact) mass is 295 g/mol. The van der Waals surface area contributed by atoms with Crippen LogP contribution in [-0.4, -0.2) is 5.91 Å². The van der Waals surface area contributed by atoms with E-state index in [1.165, 1.54) is 16.7 Å². The second kappa shape index (κ2) is 7.79. The molecule has 116 valence electrons. The van der Waals surface area contributed by atoms with Gasteiger partial charge in [0.05, 0.1) is 6.04 Å². The first-order valence-corrected chi connectivity index (χ1v) is 8.02. The smallest absolute Gasteiger partial charge is 0.220 e. The zero-order valence-corrected chi connectivity index (χ0v) is 13.7. The van der Waals surface area contributed by atoms with Gasteiger partial charge in [-0.15, -0.1) is 0 Å². The molecule has 0 heterocycles. The van der Waals surface area contributed by atoms with Gasteiger partial charge in [-0.1, -0.05) is 61.0 Å². The molecule has 2 rings (SSSR count). The predicted octanol–water partition coefficient (Wildman–Crippen LogP) is 4.37. The number of carbonyl (C=O) groups is 1. The molecule has 2 aromatic rings. The maximum atomic E-state index is 12.1. The highest BCUT2D eigenvalue weighted by Crippen LogP contribution is 2.14. The molecule has 0 fully saturated rings. The van der Waals surface area contributed by atoms with E-state index in [4.69, 9.17) is 0 Å². The minimum Gasteiger partial charge on any atom is -0.350 e. The van der Waals surface area contributed by atoms with Crippen LogP contribution in [-0.2, 0) is 17.6 Å². The summed E-state index contributed by atoms with van der Waals surface area (Å²) in [6.45, 7) is 6.25. The molecule has 0 saturated carbocycles. The Morgan fingerprint density at radius 1 is 1.00 bits per heavy atom. The fraction of sp³-hybridized carbons (Fsp3) is 0.350. The summed E-state index contributed by atoms with van der Waals surface area (Å²) in [5.74, 6) is 0.104. The molecule has 0 bridgehead atoms. The Balaban J connectivity index is 1.83. The first kappa shape index (κ1) is 16.3. The lowest BCUT2D eigenvalue weighted by Gasteiger charge is -2.15. The van der Waals surface area contributed by atoms with Gasteiger partial charge in [-0.3, -0.25) is 4.79 Å². The minimum atomic E-state index is 0.0522. The lowest BCUT2D eigenvalue weighted by molar-refractivity contribution is -0.121. The van der Waals surface area contributed by atoms with E-state index in [0.29, 0.717) is 6.42 Å². The summed E-state index contributed by atoms with van der Waals surface area (Å²) < 4.78 is 0. The molecule has 2 aromatic carbocycles. The van der Waals surface area contributed by atoms with E-state index in [1.54, 1.807) is 0 Å². The van der Waals surface area contributed by atoms with Crippen LogP contribution in [0, 0.1) is 6.92 Å². The van der Waals surface area contributed by atoms with E-state index in [0.717, 1.165) is 18.4 Å². The summed E-state index contributed by atoms with van der Waals surface area (Å²) in [7, 11) is 0. The minimum absolute atomic E-state index is 0.0522. The van der Waals surface area contributed by atoms with Crippen LogP contribution in [0.3, 0.4) is 0 Å². The van der Waals surface area contributed by atoms with E-state index in [2.05, 4.69) is 67.7 Å². The molecule has 0 radical (unpaired) electrons. The van der Waals surface area contributed by atoms with Gasteiger partial charge in [0.1, 0.15) is 0 Å². The van der Waals surface area contributed by atoms with Gasteiger partial charge in [0.25, 0.3) is 0 Å². The number of carbonyl (C=O) groups excluding carboxylic acids is 1. The number of nitrogens with one attached hydrogen (secondary N) is 1. The van der Waals surface area contributed by atoms with Crippen molar-refractivity contribution in [1.29, 1.82) is 0 Å². The zero-order valence-electron chi connectivity index (χ0n) is 13.7. The van der Waals surface area contributed by atoms with Crippen LogP contribution >= 0.6 is 0 Å². The lowest BCUT2D eigenvalue weighted by Crippen LogP contribution is -2.26. The van der Waals surface area contributed by atoms with Crippen molar-refractivity contribution in [3.8, 4) is 0 Å². The highest BCUT2D eigenvalue weighted by Gasteiger charge is 2.09. The molecule has 0 aliphatic rings. The van der Waals surface area contributed by atoms with Crippen molar-refractivity contribution in [3.05, 3.63) is 70.8 Å². The molecule has 2 nitrogen and oxygen atoms in total. The van der Waals surface area contributed by atoms with Crippen molar-refractivity contribution in [2.75, 3.05) is 0 Å². The number of hydrogen-bond acceptors (Lipinski definition) is 1. The van der Waals surface area contributed by atoms with Gasteiger partial charge < -0.3 is 5.32 Å². The lowest BCUT2D eigenvalue weighted by atomic mass is 10.0. The number of aryl methyl sites for hydroxylation is 3. The highest BCUT2D eigenvalue weighted by molar-refractivity contribution is 5.76. The maximum absolute atomic E-state index is 12.1. The Morgan fingerprint density at radius 2 is 1.59 bits per heavy atom. The van der Waals surface area contributed by atoms with Crippen LogP contribution in [0.2, 0.25) is 0 Å². The first-order chi connectivity index (χ1) is 10.6. The summed E-state index contributed by atoms with van der Waals surface area (Å²) in [5, 5.41) is 3.08. The molecular formula is C20H25NO. The van der Waals surface area contributed by atoms with Crippen LogP contribution in [0.5, 0.6) is 0 Å². The second-order valence-electron chi connectivity index (χ2n) is 5.87. The predicted molar refractivity (Wildman–Crippen MR) is 91.9 cm³/mol. The number of hydrogen-bond donors (Lipinski definition) is 1. The van der Waals surface area contributed by atoms with Gasteiger partial charge in [-0.05, 0) is 43.4 Å². The molecule has 2 heteroatoms. The van der Waals surface area contributed by atoms with Gasteiger partial charge in [0, 0.05) is 6.42 Å². The van der Waals surface area contributed by atoms with Gasteiger partial charge in [-0.2, -0.15) is 0 Å². The van der Waals surface area contributed by atoms with Crippen LogP contribution in [0.4, 0.5) is 0 Å². The van der Waals surface area contributed by atoms with Gasteiger partial charge in [0.2, 0.25) is 5.91 Å². The van der Waals surface area contributed by atoms with E-state index >= 15 is 0 Å². The van der Waals surface area contributed by atoms with E-state index in [1.807, 2.05) is 6.92 Å². The molecular weight excluding hydrogens is 270 g/mol. The molecule has 0 aliphatic carbocycles. The Kier molecular flexibility index (Phi) is 5.76.